The average Bonchev–Trinajstić information content (AvgIpc) is 3.19. The van der Waals surface area contributed by atoms with Crippen LogP contribution in [0.1, 0.15) is 0 Å². The van der Waals surface area contributed by atoms with E-state index in [2.05, 4.69) is 20.4 Å². The molecule has 2 aromatic heterocycles. The summed E-state index contributed by atoms with van der Waals surface area (Å²) in [5, 5.41) is 7.02. The number of benzene rings is 2. The zero-order valence-electron chi connectivity index (χ0n) is 15.1. The molecule has 1 amide bonds. The molecular formula is C20H17N5O2S. The Labute approximate surface area is 165 Å². The fourth-order valence-corrected chi connectivity index (χ4v) is 3.00. The highest BCUT2D eigenvalue weighted by molar-refractivity contribution is 7.99. The van der Waals surface area contributed by atoms with E-state index in [0.29, 0.717) is 23.2 Å². The molecule has 0 fully saturated rings. The predicted molar refractivity (Wildman–Crippen MR) is 110 cm³/mol. The number of hydrogen-bond donors (Lipinski definition) is 1. The van der Waals surface area contributed by atoms with Crippen molar-refractivity contribution in [1.82, 2.24) is 19.6 Å². The van der Waals surface area contributed by atoms with E-state index in [1.807, 2.05) is 42.7 Å². The smallest absolute Gasteiger partial charge is 0.255 e. The van der Waals surface area contributed by atoms with E-state index in [9.17, 15) is 4.79 Å². The SMILES string of the molecule is CSCC(=O)Nc1ccc(Oc2cc(-c3ccccc3)nc3ncnn23)cc1. The van der Waals surface area contributed by atoms with Crippen LogP contribution in [-0.4, -0.2) is 37.5 Å². The highest BCUT2D eigenvalue weighted by atomic mass is 32.2. The minimum Gasteiger partial charge on any atom is -0.439 e. The number of fused-ring (bicyclic) bond motifs is 1. The third kappa shape index (κ3) is 3.96. The molecule has 7 nitrogen and oxygen atoms in total. The van der Waals surface area contributed by atoms with Gasteiger partial charge in [0.25, 0.3) is 5.78 Å². The van der Waals surface area contributed by atoms with Crippen molar-refractivity contribution in [2.75, 3.05) is 17.3 Å². The van der Waals surface area contributed by atoms with Gasteiger partial charge in [-0.15, -0.1) is 0 Å². The summed E-state index contributed by atoms with van der Waals surface area (Å²) < 4.78 is 7.57. The van der Waals surface area contributed by atoms with Crippen molar-refractivity contribution in [3.05, 3.63) is 67.0 Å². The summed E-state index contributed by atoms with van der Waals surface area (Å²) in [7, 11) is 0. The zero-order valence-corrected chi connectivity index (χ0v) is 15.9. The Morgan fingerprint density at radius 1 is 1.14 bits per heavy atom. The largest absolute Gasteiger partial charge is 0.439 e. The van der Waals surface area contributed by atoms with Gasteiger partial charge in [-0.05, 0) is 30.5 Å². The summed E-state index contributed by atoms with van der Waals surface area (Å²) in [6.45, 7) is 0. The van der Waals surface area contributed by atoms with Crippen LogP contribution < -0.4 is 10.1 Å². The van der Waals surface area contributed by atoms with Crippen LogP contribution in [0.4, 0.5) is 5.69 Å². The number of rotatable bonds is 6. The third-order valence-corrected chi connectivity index (χ3v) is 4.48. The van der Waals surface area contributed by atoms with Crippen molar-refractivity contribution < 1.29 is 9.53 Å². The fourth-order valence-electron chi connectivity index (χ4n) is 2.67. The molecule has 28 heavy (non-hydrogen) atoms. The lowest BCUT2D eigenvalue weighted by molar-refractivity contribution is -0.113. The zero-order chi connectivity index (χ0) is 19.3. The van der Waals surface area contributed by atoms with Crippen LogP contribution in [0.25, 0.3) is 17.0 Å². The summed E-state index contributed by atoms with van der Waals surface area (Å²) in [4.78, 5) is 20.4. The van der Waals surface area contributed by atoms with Gasteiger partial charge in [0.15, 0.2) is 0 Å². The van der Waals surface area contributed by atoms with E-state index in [0.717, 1.165) is 16.9 Å². The Kier molecular flexibility index (Phi) is 5.20. The second-order valence-corrected chi connectivity index (χ2v) is 6.79. The highest BCUT2D eigenvalue weighted by Gasteiger charge is 2.11. The second-order valence-electron chi connectivity index (χ2n) is 5.93. The number of hydrogen-bond acceptors (Lipinski definition) is 6. The van der Waals surface area contributed by atoms with Gasteiger partial charge in [0.1, 0.15) is 12.1 Å². The second kappa shape index (κ2) is 8.10. The molecule has 140 valence electrons. The Hall–Kier alpha value is -3.39. The number of thioether (sulfide) groups is 1. The molecule has 0 saturated heterocycles. The number of amides is 1. The number of nitrogens with one attached hydrogen (secondary N) is 1. The Morgan fingerprint density at radius 3 is 2.68 bits per heavy atom. The molecule has 0 bridgehead atoms. The van der Waals surface area contributed by atoms with Gasteiger partial charge >= 0.3 is 0 Å². The summed E-state index contributed by atoms with van der Waals surface area (Å²) in [5.74, 6) is 1.96. The Morgan fingerprint density at radius 2 is 1.93 bits per heavy atom. The molecule has 0 aliphatic heterocycles. The first-order chi connectivity index (χ1) is 13.7. The molecule has 2 heterocycles. The minimum atomic E-state index is -0.0351. The molecule has 4 aromatic rings. The van der Waals surface area contributed by atoms with Crippen molar-refractivity contribution in [3.8, 4) is 22.9 Å². The molecule has 2 aromatic carbocycles. The number of ether oxygens (including phenoxy) is 1. The van der Waals surface area contributed by atoms with Crippen LogP contribution in [0.5, 0.6) is 11.6 Å². The van der Waals surface area contributed by atoms with Crippen molar-refractivity contribution in [1.29, 1.82) is 0 Å². The number of anilines is 1. The monoisotopic (exact) mass is 391 g/mol. The van der Waals surface area contributed by atoms with Gasteiger partial charge < -0.3 is 10.1 Å². The molecule has 8 heteroatoms. The summed E-state index contributed by atoms with van der Waals surface area (Å²) in [5.41, 5.74) is 2.43. The average molecular weight is 391 g/mol. The van der Waals surface area contributed by atoms with E-state index in [1.165, 1.54) is 18.1 Å². The number of carbonyl (C=O) groups excluding carboxylic acids is 1. The van der Waals surface area contributed by atoms with Gasteiger partial charge in [-0.3, -0.25) is 4.79 Å². The molecule has 0 aliphatic rings. The fraction of sp³-hybridized carbons (Fsp3) is 0.100. The van der Waals surface area contributed by atoms with Crippen LogP contribution in [-0.2, 0) is 4.79 Å². The van der Waals surface area contributed by atoms with Gasteiger partial charge in [0.2, 0.25) is 11.8 Å². The van der Waals surface area contributed by atoms with E-state index in [4.69, 9.17) is 4.74 Å². The Balaban J connectivity index is 1.61. The first-order valence-corrected chi connectivity index (χ1v) is 9.95. The van der Waals surface area contributed by atoms with E-state index in [1.54, 1.807) is 28.8 Å². The van der Waals surface area contributed by atoms with E-state index < -0.39 is 0 Å². The molecule has 4 rings (SSSR count). The van der Waals surface area contributed by atoms with Gasteiger partial charge in [0, 0.05) is 17.3 Å². The maximum Gasteiger partial charge on any atom is 0.255 e. The van der Waals surface area contributed by atoms with E-state index >= 15 is 0 Å². The molecule has 0 saturated carbocycles. The van der Waals surface area contributed by atoms with Gasteiger partial charge in [-0.1, -0.05) is 30.3 Å². The first-order valence-electron chi connectivity index (χ1n) is 8.56. The minimum absolute atomic E-state index is 0.0351. The van der Waals surface area contributed by atoms with Gasteiger partial charge in [-0.2, -0.15) is 26.4 Å². The van der Waals surface area contributed by atoms with Crippen LogP contribution in [0.15, 0.2) is 67.0 Å². The number of carbonyl (C=O) groups is 1. The number of aromatic nitrogens is 4. The lowest BCUT2D eigenvalue weighted by Crippen LogP contribution is -2.13. The molecule has 1 N–H and O–H groups in total. The standard InChI is InChI=1S/C20H17N5O2S/c1-28-12-18(26)23-15-7-9-16(10-8-15)27-19-11-17(14-5-3-2-4-6-14)24-20-21-13-22-25(19)20/h2-11,13H,12H2,1H3,(H,23,26). The molecule has 0 aliphatic carbocycles. The van der Waals surface area contributed by atoms with Gasteiger partial charge in [-0.25, -0.2) is 4.98 Å². The normalized spacial score (nSPS) is 10.8. The maximum absolute atomic E-state index is 11.7. The van der Waals surface area contributed by atoms with Crippen molar-refractivity contribution in [3.63, 3.8) is 0 Å². The Bertz CT molecular complexity index is 1100. The lowest BCUT2D eigenvalue weighted by atomic mass is 10.1. The van der Waals surface area contributed by atoms with Crippen molar-refractivity contribution in [2.24, 2.45) is 0 Å². The third-order valence-electron chi connectivity index (χ3n) is 3.92. The molecule has 0 spiro atoms. The molecule has 0 radical (unpaired) electrons. The quantitative estimate of drug-likeness (QED) is 0.537. The highest BCUT2D eigenvalue weighted by Crippen LogP contribution is 2.27. The van der Waals surface area contributed by atoms with Gasteiger partial charge in [0.05, 0.1) is 11.4 Å². The first kappa shape index (κ1) is 18.0. The summed E-state index contributed by atoms with van der Waals surface area (Å²) >= 11 is 1.48. The topological polar surface area (TPSA) is 81.4 Å². The predicted octanol–water partition coefficient (Wildman–Crippen LogP) is 3.89. The van der Waals surface area contributed by atoms with E-state index in [-0.39, 0.29) is 5.91 Å². The molecular weight excluding hydrogens is 374 g/mol. The molecule has 0 unspecified atom stereocenters. The van der Waals surface area contributed by atoms with Crippen molar-refractivity contribution >= 4 is 29.1 Å². The molecule has 0 atom stereocenters. The van der Waals surface area contributed by atoms with Crippen LogP contribution in [0, 0.1) is 0 Å². The summed E-state index contributed by atoms with van der Waals surface area (Å²) in [6.07, 6.45) is 3.33. The maximum atomic E-state index is 11.7. The number of nitrogens with zero attached hydrogens (tertiary/aromatic N) is 4. The van der Waals surface area contributed by atoms with Crippen LogP contribution in [0.3, 0.4) is 0 Å². The van der Waals surface area contributed by atoms with Crippen LogP contribution in [0.2, 0.25) is 0 Å². The van der Waals surface area contributed by atoms with Crippen LogP contribution >= 0.6 is 11.8 Å². The summed E-state index contributed by atoms with van der Waals surface area (Å²) in [6, 6.07) is 18.8. The lowest BCUT2D eigenvalue weighted by Gasteiger charge is -2.10. The van der Waals surface area contributed by atoms with Crippen molar-refractivity contribution in [2.45, 2.75) is 0 Å².